The van der Waals surface area contributed by atoms with E-state index in [-0.39, 0.29) is 15.6 Å². The van der Waals surface area contributed by atoms with Gasteiger partial charge in [-0.25, -0.2) is 4.79 Å². The molecule has 0 aliphatic heterocycles. The summed E-state index contributed by atoms with van der Waals surface area (Å²) in [5.41, 5.74) is 1.13. The van der Waals surface area contributed by atoms with Gasteiger partial charge in [0.25, 0.3) is 6.57 Å². The van der Waals surface area contributed by atoms with Crippen LogP contribution in [0.4, 0.5) is 5.69 Å². The van der Waals surface area contributed by atoms with Crippen LogP contribution in [0.2, 0.25) is 5.02 Å². The van der Waals surface area contributed by atoms with E-state index in [0.29, 0.717) is 16.1 Å². The van der Waals surface area contributed by atoms with Gasteiger partial charge in [-0.3, -0.25) is 0 Å². The van der Waals surface area contributed by atoms with Gasteiger partial charge >= 0.3 is 11.7 Å². The number of rotatable bonds is 5. The first-order valence-electron chi connectivity index (χ1n) is 6.00. The van der Waals surface area contributed by atoms with Crippen molar-refractivity contribution in [1.82, 2.24) is 0 Å². The summed E-state index contributed by atoms with van der Waals surface area (Å²) in [7, 11) is 0. The minimum atomic E-state index is -1.74. The summed E-state index contributed by atoms with van der Waals surface area (Å²) in [4.78, 5) is 15.2. The third-order valence-electron chi connectivity index (χ3n) is 2.64. The zero-order chi connectivity index (χ0) is 16.3. The Morgan fingerprint density at radius 1 is 1.45 bits per heavy atom. The van der Waals surface area contributed by atoms with Crippen molar-refractivity contribution in [2.45, 2.75) is 6.29 Å². The lowest BCUT2D eigenvalue weighted by atomic mass is 10.1. The minimum absolute atomic E-state index is 0.0808. The predicted octanol–water partition coefficient (Wildman–Crippen LogP) is 3.05. The summed E-state index contributed by atoms with van der Waals surface area (Å²) in [5, 5.41) is 27.0. The van der Waals surface area contributed by atoms with E-state index >= 15 is 0 Å². The smallest absolute Gasteiger partial charge is 0.349 e. The second-order valence-electron chi connectivity index (χ2n) is 4.18. The Hall–Kier alpha value is -2.11. The van der Waals surface area contributed by atoms with Crippen LogP contribution in [0.1, 0.15) is 9.67 Å². The van der Waals surface area contributed by atoms with Gasteiger partial charge in [-0.15, -0.1) is 11.3 Å². The number of carboxylic acids is 1. The third-order valence-corrected chi connectivity index (χ3v) is 4.32. The summed E-state index contributed by atoms with van der Waals surface area (Å²) in [6.45, 7) is 4.73. The number of benzene rings is 1. The van der Waals surface area contributed by atoms with Gasteiger partial charge in [-0.05, 0) is 4.85 Å². The molecule has 0 bridgehead atoms. The first-order valence-corrected chi connectivity index (χ1v) is 7.19. The molecule has 22 heavy (non-hydrogen) atoms. The lowest BCUT2D eigenvalue weighted by molar-refractivity contribution is -0.0681. The fourth-order valence-electron chi connectivity index (χ4n) is 1.74. The van der Waals surface area contributed by atoms with E-state index in [1.54, 1.807) is 24.3 Å². The van der Waals surface area contributed by atoms with Crippen molar-refractivity contribution in [1.29, 1.82) is 0 Å². The number of thiophene rings is 1. The second kappa shape index (κ2) is 6.77. The van der Waals surface area contributed by atoms with Crippen LogP contribution < -0.4 is 4.74 Å². The lowest BCUT2D eigenvalue weighted by Gasteiger charge is -2.07. The lowest BCUT2D eigenvalue weighted by Crippen LogP contribution is -2.16. The zero-order valence-corrected chi connectivity index (χ0v) is 12.6. The quantitative estimate of drug-likeness (QED) is 0.728. The molecule has 8 heteroatoms. The fraction of sp³-hybridized carbons (Fsp3) is 0.143. The van der Waals surface area contributed by atoms with Crippen LogP contribution in [0.5, 0.6) is 5.75 Å². The van der Waals surface area contributed by atoms with E-state index < -0.39 is 18.9 Å². The Bertz CT molecular complexity index is 750. The molecule has 6 nitrogen and oxygen atoms in total. The van der Waals surface area contributed by atoms with E-state index in [1.165, 1.54) is 0 Å². The summed E-state index contributed by atoms with van der Waals surface area (Å²) in [6, 6.07) is 6.76. The number of aromatic carboxylic acids is 1. The molecule has 1 aromatic heterocycles. The van der Waals surface area contributed by atoms with Crippen LogP contribution >= 0.6 is 22.9 Å². The van der Waals surface area contributed by atoms with Gasteiger partial charge in [0, 0.05) is 17.7 Å². The highest BCUT2D eigenvalue weighted by molar-refractivity contribution is 7.18. The molecule has 114 valence electrons. The molecule has 0 unspecified atom stereocenters. The van der Waals surface area contributed by atoms with Crippen molar-refractivity contribution in [3.63, 3.8) is 0 Å². The van der Waals surface area contributed by atoms with Crippen molar-refractivity contribution < 1.29 is 24.9 Å². The fourth-order valence-corrected chi connectivity index (χ4v) is 3.14. The summed E-state index contributed by atoms with van der Waals surface area (Å²) in [6.07, 6.45) is -1.74. The highest BCUT2D eigenvalue weighted by Crippen LogP contribution is 2.46. The SMILES string of the molecule is C#[N+]c1cccc(-c2sc(C(=O)O)c(OCC(O)O)c2Cl)c1. The molecule has 0 saturated heterocycles. The first-order chi connectivity index (χ1) is 10.4. The van der Waals surface area contributed by atoms with E-state index in [9.17, 15) is 9.90 Å². The topological polar surface area (TPSA) is 91.4 Å². The molecule has 0 amide bonds. The van der Waals surface area contributed by atoms with E-state index in [4.69, 9.17) is 33.1 Å². The Morgan fingerprint density at radius 2 is 2.18 bits per heavy atom. The van der Waals surface area contributed by atoms with Crippen LogP contribution in [0, 0.1) is 6.57 Å². The number of aliphatic hydroxyl groups is 2. The van der Waals surface area contributed by atoms with Crippen LogP contribution in [-0.2, 0) is 0 Å². The number of ether oxygens (including phenoxy) is 1. The van der Waals surface area contributed by atoms with Crippen molar-refractivity contribution in [3.8, 4) is 22.8 Å². The molecule has 3 N–H and O–H groups in total. The van der Waals surface area contributed by atoms with Crippen molar-refractivity contribution >= 4 is 34.6 Å². The molecular formula is C14H11ClNO5S+. The van der Waals surface area contributed by atoms with Crippen LogP contribution in [0.15, 0.2) is 24.3 Å². The molecule has 1 heterocycles. The second-order valence-corrected chi connectivity index (χ2v) is 5.58. The molecule has 0 atom stereocenters. The van der Waals surface area contributed by atoms with E-state index in [0.717, 1.165) is 11.3 Å². The molecular weight excluding hydrogens is 330 g/mol. The number of carbonyl (C=O) groups is 1. The molecule has 0 spiro atoms. The number of halogens is 1. The maximum absolute atomic E-state index is 11.3. The summed E-state index contributed by atoms with van der Waals surface area (Å²) in [5.74, 6) is -1.32. The van der Waals surface area contributed by atoms with Crippen molar-refractivity contribution in [2.24, 2.45) is 0 Å². The Kier molecular flexibility index (Phi) is 5.00. The van der Waals surface area contributed by atoms with Crippen LogP contribution in [0.25, 0.3) is 15.3 Å². The average Bonchev–Trinajstić information content (AvgIpc) is 2.82. The molecule has 2 aromatic rings. The molecule has 1 aromatic carbocycles. The van der Waals surface area contributed by atoms with Gasteiger partial charge in [0.1, 0.15) is 11.6 Å². The number of hydrogen-bond donors (Lipinski definition) is 3. The molecule has 0 fully saturated rings. The Labute approximate surface area is 134 Å². The average molecular weight is 341 g/mol. The third kappa shape index (κ3) is 3.37. The number of nitrogens with zero attached hydrogens (tertiary/aromatic N) is 1. The van der Waals surface area contributed by atoms with Crippen LogP contribution in [0.3, 0.4) is 0 Å². The van der Waals surface area contributed by atoms with Gasteiger partial charge in [0.05, 0.1) is 4.88 Å². The maximum Gasteiger partial charge on any atom is 0.349 e. The van der Waals surface area contributed by atoms with Gasteiger partial charge < -0.3 is 20.1 Å². The first kappa shape index (κ1) is 16.3. The predicted molar refractivity (Wildman–Crippen MR) is 83.4 cm³/mol. The zero-order valence-electron chi connectivity index (χ0n) is 11.1. The maximum atomic E-state index is 11.3. The van der Waals surface area contributed by atoms with Gasteiger partial charge in [-0.2, -0.15) is 0 Å². The Balaban J connectivity index is 2.51. The monoisotopic (exact) mass is 340 g/mol. The van der Waals surface area contributed by atoms with E-state index in [2.05, 4.69) is 4.85 Å². The summed E-state index contributed by atoms with van der Waals surface area (Å²) < 4.78 is 5.10. The summed E-state index contributed by atoms with van der Waals surface area (Å²) >= 11 is 7.10. The molecule has 2 rings (SSSR count). The van der Waals surface area contributed by atoms with E-state index in [1.807, 2.05) is 0 Å². The number of aliphatic hydroxyl groups excluding tert-OH is 1. The normalized spacial score (nSPS) is 10.5. The van der Waals surface area contributed by atoms with Crippen molar-refractivity contribution in [2.75, 3.05) is 6.61 Å². The number of carboxylic acid groups (broad SMARTS) is 1. The standard InChI is InChI=1S/C14H10ClNO5S/c1-16-8-4-2-3-7(5-8)12-10(15)11(21-6-9(17)18)13(22-12)14(19)20/h1-5,9,17-18H,6H2/p+1. The van der Waals surface area contributed by atoms with Crippen molar-refractivity contribution in [3.05, 3.63) is 39.0 Å². The van der Waals surface area contributed by atoms with Crippen LogP contribution in [-0.4, -0.2) is 34.2 Å². The Morgan fingerprint density at radius 3 is 2.77 bits per heavy atom. The van der Waals surface area contributed by atoms with Gasteiger partial charge in [-0.1, -0.05) is 23.7 Å². The molecule has 0 saturated carbocycles. The highest BCUT2D eigenvalue weighted by atomic mass is 35.5. The van der Waals surface area contributed by atoms with Gasteiger partial charge in [0.15, 0.2) is 16.9 Å². The molecule has 0 aliphatic carbocycles. The van der Waals surface area contributed by atoms with Gasteiger partial charge in [0.2, 0.25) is 0 Å². The minimum Gasteiger partial charge on any atom is -0.485 e. The molecule has 0 radical (unpaired) electrons. The number of hydrogen-bond acceptors (Lipinski definition) is 5. The largest absolute Gasteiger partial charge is 0.485 e. The molecule has 0 aliphatic rings. The highest BCUT2D eigenvalue weighted by Gasteiger charge is 2.25.